The minimum absolute atomic E-state index is 0.0839. The number of ether oxygens (including phenoxy) is 1. The van der Waals surface area contributed by atoms with Crippen molar-refractivity contribution >= 4 is 16.1 Å². The third-order valence-electron chi connectivity index (χ3n) is 2.90. The SMILES string of the molecule is CC1(C)CC(COS(=O)(=O)c2ccccc2)C(=O)O1. The molecule has 1 unspecified atom stereocenters. The summed E-state index contributed by atoms with van der Waals surface area (Å²) in [5, 5.41) is 0. The Labute approximate surface area is 112 Å². The highest BCUT2D eigenvalue weighted by Gasteiger charge is 2.40. The van der Waals surface area contributed by atoms with Crippen molar-refractivity contribution in [3.8, 4) is 0 Å². The maximum absolute atomic E-state index is 11.9. The van der Waals surface area contributed by atoms with E-state index in [4.69, 9.17) is 8.92 Å². The number of rotatable bonds is 4. The molecule has 1 aromatic rings. The number of cyclic esters (lactones) is 1. The van der Waals surface area contributed by atoms with Gasteiger partial charge in [-0.1, -0.05) is 18.2 Å². The molecule has 0 aliphatic carbocycles. The van der Waals surface area contributed by atoms with Crippen LogP contribution in [0.4, 0.5) is 0 Å². The van der Waals surface area contributed by atoms with Gasteiger partial charge in [0.25, 0.3) is 10.1 Å². The second kappa shape index (κ2) is 4.94. The molecule has 1 atom stereocenters. The average Bonchev–Trinajstić information content (AvgIpc) is 2.61. The van der Waals surface area contributed by atoms with Gasteiger partial charge in [0, 0.05) is 6.42 Å². The van der Waals surface area contributed by atoms with Crippen molar-refractivity contribution in [1.82, 2.24) is 0 Å². The van der Waals surface area contributed by atoms with Crippen LogP contribution in [-0.2, 0) is 23.8 Å². The Balaban J connectivity index is 2.02. The number of hydrogen-bond acceptors (Lipinski definition) is 5. The van der Waals surface area contributed by atoms with Gasteiger partial charge >= 0.3 is 5.97 Å². The van der Waals surface area contributed by atoms with Crippen molar-refractivity contribution in [2.45, 2.75) is 30.8 Å². The molecule has 0 spiro atoms. The second-order valence-electron chi connectivity index (χ2n) is 5.13. The van der Waals surface area contributed by atoms with E-state index in [2.05, 4.69) is 0 Å². The lowest BCUT2D eigenvalue weighted by atomic mass is 9.98. The number of esters is 1. The zero-order valence-electron chi connectivity index (χ0n) is 10.8. The minimum atomic E-state index is -3.82. The van der Waals surface area contributed by atoms with Gasteiger partial charge in [-0.05, 0) is 26.0 Å². The monoisotopic (exact) mass is 284 g/mol. The van der Waals surface area contributed by atoms with E-state index in [1.165, 1.54) is 12.1 Å². The number of carbonyl (C=O) groups excluding carboxylic acids is 1. The van der Waals surface area contributed by atoms with Crippen molar-refractivity contribution in [1.29, 1.82) is 0 Å². The van der Waals surface area contributed by atoms with Crippen LogP contribution in [0.25, 0.3) is 0 Å². The molecule has 0 aromatic heterocycles. The first-order chi connectivity index (χ1) is 8.80. The first-order valence-corrected chi connectivity index (χ1v) is 7.38. The molecule has 0 radical (unpaired) electrons. The van der Waals surface area contributed by atoms with Crippen molar-refractivity contribution in [3.05, 3.63) is 30.3 Å². The summed E-state index contributed by atoms with van der Waals surface area (Å²) in [4.78, 5) is 11.6. The normalized spacial score (nSPS) is 22.2. The maximum Gasteiger partial charge on any atom is 0.312 e. The van der Waals surface area contributed by atoms with E-state index in [0.29, 0.717) is 6.42 Å². The third-order valence-corrected chi connectivity index (χ3v) is 4.20. The summed E-state index contributed by atoms with van der Waals surface area (Å²) >= 11 is 0. The van der Waals surface area contributed by atoms with Gasteiger partial charge in [0.15, 0.2) is 0 Å². The average molecular weight is 284 g/mol. The molecule has 6 heteroatoms. The zero-order valence-corrected chi connectivity index (χ0v) is 11.6. The smallest absolute Gasteiger partial charge is 0.312 e. The lowest BCUT2D eigenvalue weighted by molar-refractivity contribution is -0.148. The van der Waals surface area contributed by atoms with Crippen LogP contribution < -0.4 is 0 Å². The van der Waals surface area contributed by atoms with E-state index in [-0.39, 0.29) is 11.5 Å². The summed E-state index contributed by atoms with van der Waals surface area (Å²) in [5.74, 6) is -0.943. The topological polar surface area (TPSA) is 69.7 Å². The van der Waals surface area contributed by atoms with E-state index < -0.39 is 27.6 Å². The summed E-state index contributed by atoms with van der Waals surface area (Å²) in [7, 11) is -3.82. The largest absolute Gasteiger partial charge is 0.459 e. The van der Waals surface area contributed by atoms with Gasteiger partial charge < -0.3 is 4.74 Å². The van der Waals surface area contributed by atoms with Crippen LogP contribution in [0, 0.1) is 5.92 Å². The maximum atomic E-state index is 11.9. The Morgan fingerprint density at radius 1 is 1.32 bits per heavy atom. The van der Waals surface area contributed by atoms with E-state index in [1.54, 1.807) is 32.0 Å². The van der Waals surface area contributed by atoms with Crippen LogP contribution >= 0.6 is 0 Å². The number of hydrogen-bond donors (Lipinski definition) is 0. The molecule has 1 aliphatic rings. The first kappa shape index (κ1) is 14.0. The third kappa shape index (κ3) is 3.33. The summed E-state index contributed by atoms with van der Waals surface area (Å²) in [6.45, 7) is 3.40. The van der Waals surface area contributed by atoms with Crippen LogP contribution in [0.2, 0.25) is 0 Å². The summed E-state index contributed by atoms with van der Waals surface area (Å²) in [6, 6.07) is 7.85. The molecular weight excluding hydrogens is 268 g/mol. The van der Waals surface area contributed by atoms with Crippen LogP contribution in [0.15, 0.2) is 35.2 Å². The number of carbonyl (C=O) groups is 1. The van der Waals surface area contributed by atoms with Gasteiger partial charge in [-0.3, -0.25) is 8.98 Å². The molecule has 5 nitrogen and oxygen atoms in total. The van der Waals surface area contributed by atoms with Crippen LogP contribution in [0.1, 0.15) is 20.3 Å². The Morgan fingerprint density at radius 3 is 2.47 bits per heavy atom. The van der Waals surface area contributed by atoms with Gasteiger partial charge in [-0.15, -0.1) is 0 Å². The molecule has 0 amide bonds. The molecule has 0 bridgehead atoms. The molecule has 19 heavy (non-hydrogen) atoms. The van der Waals surface area contributed by atoms with Gasteiger partial charge in [0.1, 0.15) is 5.60 Å². The minimum Gasteiger partial charge on any atom is -0.459 e. The molecule has 1 heterocycles. The van der Waals surface area contributed by atoms with Crippen LogP contribution in [-0.4, -0.2) is 26.6 Å². The fourth-order valence-corrected chi connectivity index (χ4v) is 3.00. The van der Waals surface area contributed by atoms with Crippen molar-refractivity contribution in [3.63, 3.8) is 0 Å². The quantitative estimate of drug-likeness (QED) is 0.622. The highest BCUT2D eigenvalue weighted by molar-refractivity contribution is 7.86. The van der Waals surface area contributed by atoms with E-state index in [1.807, 2.05) is 0 Å². The highest BCUT2D eigenvalue weighted by Crippen LogP contribution is 2.31. The molecule has 1 aliphatic heterocycles. The van der Waals surface area contributed by atoms with Gasteiger partial charge in [-0.2, -0.15) is 8.42 Å². The molecule has 104 valence electrons. The Hall–Kier alpha value is -1.40. The number of benzene rings is 1. The molecule has 0 N–H and O–H groups in total. The van der Waals surface area contributed by atoms with E-state index >= 15 is 0 Å². The first-order valence-electron chi connectivity index (χ1n) is 5.97. The Bertz CT molecular complexity index is 562. The molecule has 0 saturated carbocycles. The lowest BCUT2D eigenvalue weighted by Gasteiger charge is -2.14. The summed E-state index contributed by atoms with van der Waals surface area (Å²) in [6.07, 6.45) is 0.455. The predicted octanol–water partition coefficient (Wildman–Crippen LogP) is 1.73. The van der Waals surface area contributed by atoms with Crippen LogP contribution in [0.3, 0.4) is 0 Å². The Morgan fingerprint density at radius 2 is 1.95 bits per heavy atom. The fourth-order valence-electron chi connectivity index (χ4n) is 2.03. The van der Waals surface area contributed by atoms with Crippen molar-refractivity contribution < 1.29 is 22.1 Å². The van der Waals surface area contributed by atoms with Gasteiger partial charge in [0.05, 0.1) is 17.4 Å². The van der Waals surface area contributed by atoms with E-state index in [9.17, 15) is 13.2 Å². The van der Waals surface area contributed by atoms with Gasteiger partial charge in [-0.25, -0.2) is 0 Å². The zero-order chi connectivity index (χ0) is 14.1. The molecule has 1 fully saturated rings. The summed E-state index contributed by atoms with van der Waals surface area (Å²) < 4.78 is 33.8. The standard InChI is InChI=1S/C13H16O5S/c1-13(2)8-10(12(14)18-13)9-17-19(15,16)11-6-4-3-5-7-11/h3-7,10H,8-9H2,1-2H3. The predicted molar refractivity (Wildman–Crippen MR) is 67.9 cm³/mol. The lowest BCUT2D eigenvalue weighted by Crippen LogP contribution is -2.19. The van der Waals surface area contributed by atoms with Crippen LogP contribution in [0.5, 0.6) is 0 Å². The molecule has 1 saturated heterocycles. The summed E-state index contributed by atoms with van der Waals surface area (Å²) in [5.41, 5.74) is -0.554. The molecule has 1 aromatic carbocycles. The molecular formula is C13H16O5S. The fraction of sp³-hybridized carbons (Fsp3) is 0.462. The second-order valence-corrected chi connectivity index (χ2v) is 6.75. The van der Waals surface area contributed by atoms with E-state index in [0.717, 1.165) is 0 Å². The highest BCUT2D eigenvalue weighted by atomic mass is 32.2. The molecule has 2 rings (SSSR count). The Kier molecular flexibility index (Phi) is 3.64. The van der Waals surface area contributed by atoms with Gasteiger partial charge in [0.2, 0.25) is 0 Å². The van der Waals surface area contributed by atoms with Crippen molar-refractivity contribution in [2.75, 3.05) is 6.61 Å². The van der Waals surface area contributed by atoms with Crippen molar-refractivity contribution in [2.24, 2.45) is 5.92 Å².